The van der Waals surface area contributed by atoms with Crippen LogP contribution in [0.3, 0.4) is 0 Å². The molecule has 2 aromatic carbocycles. The summed E-state index contributed by atoms with van der Waals surface area (Å²) in [5.74, 6) is -0.867. The molecular weight excluding hydrogens is 428 g/mol. The zero-order valence-corrected chi connectivity index (χ0v) is 20.5. The van der Waals surface area contributed by atoms with Gasteiger partial charge in [-0.1, -0.05) is 55.3 Å². The molecule has 0 fully saturated rings. The molecule has 0 saturated heterocycles. The molecule has 0 aliphatic carbocycles. The predicted molar refractivity (Wildman–Crippen MR) is 132 cm³/mol. The van der Waals surface area contributed by atoms with Gasteiger partial charge in [-0.05, 0) is 50.5 Å². The maximum Gasteiger partial charge on any atom is 0.336 e. The Balaban J connectivity index is 1.86. The summed E-state index contributed by atoms with van der Waals surface area (Å²) in [6.07, 6.45) is 2.17. The van der Waals surface area contributed by atoms with Crippen molar-refractivity contribution < 1.29 is 19.1 Å². The topological polar surface area (TPSA) is 75.7 Å². The van der Waals surface area contributed by atoms with E-state index in [9.17, 15) is 14.4 Å². The third-order valence-electron chi connectivity index (χ3n) is 6.14. The Hall–Kier alpha value is -3.41. The van der Waals surface area contributed by atoms with Crippen LogP contribution in [0.15, 0.2) is 59.8 Å². The minimum absolute atomic E-state index is 0.0431. The SMILES string of the molecule is CCCCNC(=O)c1ccc(CN2C(=O)CC(c3cccc(C)c3)C(C(=O)OCC)=C2C)cc1. The third-order valence-corrected chi connectivity index (χ3v) is 6.14. The number of ether oxygens (including phenoxy) is 1. The lowest BCUT2D eigenvalue weighted by Gasteiger charge is -2.34. The first-order valence-corrected chi connectivity index (χ1v) is 12.0. The molecule has 1 heterocycles. The number of rotatable bonds is 9. The van der Waals surface area contributed by atoms with E-state index < -0.39 is 0 Å². The number of allylic oxidation sites excluding steroid dienone is 1. The summed E-state index contributed by atoms with van der Waals surface area (Å²) in [6.45, 7) is 8.91. The quantitative estimate of drug-likeness (QED) is 0.426. The number of unbranched alkanes of at least 4 members (excludes halogenated alkanes) is 1. The highest BCUT2D eigenvalue weighted by Crippen LogP contribution is 2.38. The van der Waals surface area contributed by atoms with E-state index in [-0.39, 0.29) is 36.7 Å². The van der Waals surface area contributed by atoms with Crippen LogP contribution in [0, 0.1) is 6.92 Å². The van der Waals surface area contributed by atoms with Crippen molar-refractivity contribution in [3.05, 3.63) is 82.1 Å². The van der Waals surface area contributed by atoms with Gasteiger partial charge in [-0.3, -0.25) is 9.59 Å². The Morgan fingerprint density at radius 1 is 1.09 bits per heavy atom. The Labute approximate surface area is 202 Å². The van der Waals surface area contributed by atoms with E-state index in [2.05, 4.69) is 12.2 Å². The monoisotopic (exact) mass is 462 g/mol. The van der Waals surface area contributed by atoms with Crippen molar-refractivity contribution in [1.29, 1.82) is 0 Å². The minimum Gasteiger partial charge on any atom is -0.463 e. The normalized spacial score (nSPS) is 15.9. The number of nitrogens with one attached hydrogen (secondary N) is 1. The van der Waals surface area contributed by atoms with E-state index in [1.807, 2.05) is 50.2 Å². The van der Waals surface area contributed by atoms with Gasteiger partial charge in [0.1, 0.15) is 0 Å². The van der Waals surface area contributed by atoms with Gasteiger partial charge in [-0.25, -0.2) is 4.79 Å². The summed E-state index contributed by atoms with van der Waals surface area (Å²) in [6, 6.07) is 15.2. The minimum atomic E-state index is -0.386. The number of nitrogens with zero attached hydrogens (tertiary/aromatic N) is 1. The molecule has 34 heavy (non-hydrogen) atoms. The standard InChI is InChI=1S/C28H34N2O4/c1-5-7-15-29-27(32)22-13-11-21(12-14-22)18-30-20(4)26(28(33)34-6-2)24(17-25(30)31)23-10-8-9-19(3)16-23/h8-14,16,24H,5-7,15,17-18H2,1-4H3,(H,29,32). The summed E-state index contributed by atoms with van der Waals surface area (Å²) in [4.78, 5) is 40.1. The average Bonchev–Trinajstić information content (AvgIpc) is 2.82. The molecule has 0 spiro atoms. The van der Waals surface area contributed by atoms with Gasteiger partial charge >= 0.3 is 5.97 Å². The van der Waals surface area contributed by atoms with Crippen LogP contribution in [0.2, 0.25) is 0 Å². The number of hydrogen-bond donors (Lipinski definition) is 1. The third kappa shape index (κ3) is 5.93. The van der Waals surface area contributed by atoms with E-state index in [0.717, 1.165) is 29.5 Å². The van der Waals surface area contributed by atoms with Crippen LogP contribution in [-0.2, 0) is 20.9 Å². The van der Waals surface area contributed by atoms with Crippen LogP contribution in [0.4, 0.5) is 0 Å². The fourth-order valence-corrected chi connectivity index (χ4v) is 4.27. The molecule has 6 nitrogen and oxygen atoms in total. The van der Waals surface area contributed by atoms with E-state index in [1.54, 1.807) is 24.0 Å². The fourth-order valence-electron chi connectivity index (χ4n) is 4.27. The van der Waals surface area contributed by atoms with Crippen LogP contribution in [0.25, 0.3) is 0 Å². The molecule has 1 unspecified atom stereocenters. The summed E-state index contributed by atoms with van der Waals surface area (Å²) >= 11 is 0. The lowest BCUT2D eigenvalue weighted by Crippen LogP contribution is -2.38. The van der Waals surface area contributed by atoms with Crippen LogP contribution in [0.1, 0.15) is 73.0 Å². The van der Waals surface area contributed by atoms with Crippen molar-refractivity contribution in [2.45, 2.75) is 59.4 Å². The summed E-state index contributed by atoms with van der Waals surface area (Å²) in [7, 11) is 0. The number of benzene rings is 2. The van der Waals surface area contributed by atoms with Gasteiger partial charge in [0.05, 0.1) is 18.7 Å². The zero-order valence-electron chi connectivity index (χ0n) is 20.5. The molecule has 2 aromatic rings. The van der Waals surface area contributed by atoms with E-state index in [4.69, 9.17) is 4.74 Å². The summed E-state index contributed by atoms with van der Waals surface area (Å²) < 4.78 is 5.37. The van der Waals surface area contributed by atoms with Crippen LogP contribution >= 0.6 is 0 Å². The highest BCUT2D eigenvalue weighted by atomic mass is 16.5. The Bertz CT molecular complexity index is 1070. The van der Waals surface area contributed by atoms with Gasteiger partial charge in [0.15, 0.2) is 0 Å². The summed E-state index contributed by atoms with van der Waals surface area (Å²) in [5.41, 5.74) is 4.63. The number of carbonyl (C=O) groups is 3. The molecule has 180 valence electrons. The van der Waals surface area contributed by atoms with Crippen LogP contribution < -0.4 is 5.32 Å². The summed E-state index contributed by atoms with van der Waals surface area (Å²) in [5, 5.41) is 2.91. The van der Waals surface area contributed by atoms with Crippen molar-refractivity contribution >= 4 is 17.8 Å². The molecule has 1 N–H and O–H groups in total. The van der Waals surface area contributed by atoms with Crippen molar-refractivity contribution in [2.75, 3.05) is 13.2 Å². The average molecular weight is 463 g/mol. The van der Waals surface area contributed by atoms with Gasteiger partial charge in [0.25, 0.3) is 5.91 Å². The molecule has 0 saturated carbocycles. The molecule has 0 aromatic heterocycles. The van der Waals surface area contributed by atoms with E-state index in [0.29, 0.717) is 29.9 Å². The first-order chi connectivity index (χ1) is 16.3. The van der Waals surface area contributed by atoms with Gasteiger partial charge in [-0.2, -0.15) is 0 Å². The second-order valence-corrected chi connectivity index (χ2v) is 8.68. The first-order valence-electron chi connectivity index (χ1n) is 12.0. The van der Waals surface area contributed by atoms with Gasteiger partial charge in [-0.15, -0.1) is 0 Å². The maximum absolute atomic E-state index is 13.2. The van der Waals surface area contributed by atoms with E-state index in [1.165, 1.54) is 0 Å². The van der Waals surface area contributed by atoms with E-state index >= 15 is 0 Å². The molecule has 1 atom stereocenters. The van der Waals surface area contributed by atoms with Crippen molar-refractivity contribution in [2.24, 2.45) is 0 Å². The Kier molecular flexibility index (Phi) is 8.63. The smallest absolute Gasteiger partial charge is 0.336 e. The molecular formula is C28H34N2O4. The largest absolute Gasteiger partial charge is 0.463 e. The molecule has 6 heteroatoms. The molecule has 0 bridgehead atoms. The molecule has 3 rings (SSSR count). The highest BCUT2D eigenvalue weighted by Gasteiger charge is 2.36. The Morgan fingerprint density at radius 3 is 2.47 bits per heavy atom. The Morgan fingerprint density at radius 2 is 1.82 bits per heavy atom. The number of amides is 2. The molecule has 2 amide bonds. The van der Waals surface area contributed by atoms with Gasteiger partial charge < -0.3 is 15.0 Å². The number of aryl methyl sites for hydroxylation is 1. The number of hydrogen-bond acceptors (Lipinski definition) is 4. The molecule has 0 radical (unpaired) electrons. The molecule has 1 aliphatic heterocycles. The van der Waals surface area contributed by atoms with Crippen molar-refractivity contribution in [3.63, 3.8) is 0 Å². The second kappa shape index (κ2) is 11.6. The lowest BCUT2D eigenvalue weighted by atomic mass is 9.83. The number of esters is 1. The lowest BCUT2D eigenvalue weighted by molar-refractivity contribution is -0.140. The second-order valence-electron chi connectivity index (χ2n) is 8.68. The van der Waals surface area contributed by atoms with Gasteiger partial charge in [0.2, 0.25) is 5.91 Å². The number of carbonyl (C=O) groups excluding carboxylic acids is 3. The molecule has 1 aliphatic rings. The van der Waals surface area contributed by atoms with Crippen LogP contribution in [-0.4, -0.2) is 35.8 Å². The predicted octanol–water partition coefficient (Wildman–Crippen LogP) is 4.88. The zero-order chi connectivity index (χ0) is 24.7. The van der Waals surface area contributed by atoms with Crippen LogP contribution in [0.5, 0.6) is 0 Å². The maximum atomic E-state index is 13.2. The van der Waals surface area contributed by atoms with Crippen molar-refractivity contribution in [3.8, 4) is 0 Å². The van der Waals surface area contributed by atoms with Crippen molar-refractivity contribution in [1.82, 2.24) is 10.2 Å². The first kappa shape index (κ1) is 25.2. The highest BCUT2D eigenvalue weighted by molar-refractivity contribution is 5.96. The fraction of sp³-hybridized carbons (Fsp3) is 0.393. The van der Waals surface area contributed by atoms with Gasteiger partial charge in [0, 0.05) is 30.1 Å².